The Morgan fingerprint density at radius 2 is 1.70 bits per heavy atom. The summed E-state index contributed by atoms with van der Waals surface area (Å²) in [5, 5.41) is 6.15. The first-order valence-corrected chi connectivity index (χ1v) is 13.2. The fraction of sp³-hybridized carbons (Fsp3) is 0.483. The summed E-state index contributed by atoms with van der Waals surface area (Å²) in [6, 6.07) is 11.4. The molecule has 8 heteroatoms. The minimum Gasteiger partial charge on any atom is -0.341 e. The number of carbonyl (C=O) groups excluding carboxylic acids is 3. The number of amides is 2. The molecule has 0 aromatic heterocycles. The first-order valence-electron chi connectivity index (χ1n) is 13.2. The van der Waals surface area contributed by atoms with Gasteiger partial charge in [0.25, 0.3) is 0 Å². The van der Waals surface area contributed by atoms with Crippen LogP contribution in [0.1, 0.15) is 56.7 Å². The number of nitrogens with zero attached hydrogens (tertiary/aromatic N) is 2. The summed E-state index contributed by atoms with van der Waals surface area (Å²) in [5.41, 5.74) is 2.05. The summed E-state index contributed by atoms with van der Waals surface area (Å²) in [6.45, 7) is 8.53. The molecule has 2 amide bonds. The van der Waals surface area contributed by atoms with Gasteiger partial charge in [0.05, 0.1) is 12.6 Å². The van der Waals surface area contributed by atoms with Gasteiger partial charge < -0.3 is 15.5 Å². The Morgan fingerprint density at radius 1 is 1.03 bits per heavy atom. The fourth-order valence-electron chi connectivity index (χ4n) is 5.21. The number of rotatable bonds is 8. The normalized spacial score (nSPS) is 19.2. The van der Waals surface area contributed by atoms with E-state index in [9.17, 15) is 14.4 Å². The molecule has 2 fully saturated rings. The molecule has 2 aromatic rings. The maximum Gasteiger partial charge on any atom is 0.237 e. The van der Waals surface area contributed by atoms with E-state index in [0.29, 0.717) is 54.9 Å². The van der Waals surface area contributed by atoms with E-state index >= 15 is 4.39 Å². The molecule has 2 N–H and O–H groups in total. The molecule has 0 aliphatic carbocycles. The Kier molecular flexibility index (Phi) is 8.71. The van der Waals surface area contributed by atoms with Crippen LogP contribution < -0.4 is 10.6 Å². The van der Waals surface area contributed by atoms with Gasteiger partial charge >= 0.3 is 0 Å². The number of nitrogens with one attached hydrogen (secondary N) is 2. The van der Waals surface area contributed by atoms with Crippen LogP contribution in [-0.4, -0.2) is 72.7 Å². The molecule has 0 saturated carbocycles. The molecule has 7 nitrogen and oxygen atoms in total. The Morgan fingerprint density at radius 3 is 2.30 bits per heavy atom. The van der Waals surface area contributed by atoms with Crippen LogP contribution in [0, 0.1) is 5.82 Å². The van der Waals surface area contributed by atoms with Gasteiger partial charge in [0, 0.05) is 38.7 Å². The minimum atomic E-state index is -0.994. The molecule has 2 aliphatic rings. The van der Waals surface area contributed by atoms with Crippen molar-refractivity contribution in [1.82, 2.24) is 20.4 Å². The Balaban J connectivity index is 1.69. The highest BCUT2D eigenvalue weighted by atomic mass is 19.1. The molecule has 2 aromatic carbocycles. The number of halogens is 1. The maximum atomic E-state index is 16.0. The SMILES string of the molecule is CC(=O)N1CCN(CC(=O)C(NC(=O)C2CCCN2)c2ccc(C(C)C)c(F)c2-c2ccccc2)CC1. The molecule has 2 aliphatic heterocycles. The molecule has 2 heterocycles. The second-order valence-electron chi connectivity index (χ2n) is 10.3. The molecule has 0 bridgehead atoms. The zero-order valence-corrected chi connectivity index (χ0v) is 21.9. The summed E-state index contributed by atoms with van der Waals surface area (Å²) in [6.07, 6.45) is 1.59. The van der Waals surface area contributed by atoms with Crippen molar-refractivity contribution >= 4 is 17.6 Å². The molecule has 198 valence electrons. The second-order valence-corrected chi connectivity index (χ2v) is 10.3. The summed E-state index contributed by atoms with van der Waals surface area (Å²) < 4.78 is 16.0. The lowest BCUT2D eigenvalue weighted by atomic mass is 9.87. The molecule has 0 spiro atoms. The lowest BCUT2D eigenvalue weighted by molar-refractivity contribution is -0.132. The van der Waals surface area contributed by atoms with Crippen LogP contribution in [0.2, 0.25) is 0 Å². The largest absolute Gasteiger partial charge is 0.341 e. The van der Waals surface area contributed by atoms with Crippen molar-refractivity contribution < 1.29 is 18.8 Å². The molecule has 2 saturated heterocycles. The van der Waals surface area contributed by atoms with Crippen molar-refractivity contribution in [2.24, 2.45) is 0 Å². The molecule has 0 radical (unpaired) electrons. The first-order chi connectivity index (χ1) is 17.8. The smallest absolute Gasteiger partial charge is 0.237 e. The van der Waals surface area contributed by atoms with Gasteiger partial charge in [0.15, 0.2) is 5.78 Å². The average Bonchev–Trinajstić information content (AvgIpc) is 3.43. The molecule has 2 unspecified atom stereocenters. The van der Waals surface area contributed by atoms with Gasteiger partial charge in [-0.3, -0.25) is 19.3 Å². The number of hydrogen-bond acceptors (Lipinski definition) is 5. The number of ketones is 1. The summed E-state index contributed by atoms with van der Waals surface area (Å²) in [7, 11) is 0. The predicted molar refractivity (Wildman–Crippen MR) is 142 cm³/mol. The van der Waals surface area contributed by atoms with Gasteiger partial charge in [0.1, 0.15) is 11.9 Å². The van der Waals surface area contributed by atoms with E-state index in [-0.39, 0.29) is 41.9 Å². The first kappa shape index (κ1) is 26.9. The van der Waals surface area contributed by atoms with Gasteiger partial charge in [-0.2, -0.15) is 0 Å². The standard InChI is InChI=1S/C29H37FN4O3/c1-19(2)22-11-12-23(26(27(22)30)21-8-5-4-6-9-21)28(32-29(37)24-10-7-13-31-24)25(36)18-33-14-16-34(17-15-33)20(3)35/h4-6,8-9,11-12,19,24,28,31H,7,10,13-18H2,1-3H3,(H,32,37). The van der Waals surface area contributed by atoms with E-state index in [1.54, 1.807) is 24.0 Å². The third-order valence-electron chi connectivity index (χ3n) is 7.38. The van der Waals surface area contributed by atoms with Crippen LogP contribution in [0.25, 0.3) is 11.1 Å². The summed E-state index contributed by atoms with van der Waals surface area (Å²) in [4.78, 5) is 42.4. The van der Waals surface area contributed by atoms with Crippen molar-refractivity contribution in [3.8, 4) is 11.1 Å². The minimum absolute atomic E-state index is 0.0217. The topological polar surface area (TPSA) is 81.8 Å². The highest BCUT2D eigenvalue weighted by molar-refractivity contribution is 5.94. The Bertz CT molecular complexity index is 1120. The van der Waals surface area contributed by atoms with E-state index in [1.807, 2.05) is 49.1 Å². The van der Waals surface area contributed by atoms with Crippen LogP contribution in [0.4, 0.5) is 4.39 Å². The van der Waals surface area contributed by atoms with Gasteiger partial charge in [-0.05, 0) is 42.0 Å². The van der Waals surface area contributed by atoms with E-state index < -0.39 is 6.04 Å². The Labute approximate surface area is 218 Å². The maximum absolute atomic E-state index is 16.0. The van der Waals surface area contributed by atoms with Crippen molar-refractivity contribution in [2.75, 3.05) is 39.3 Å². The molecule has 37 heavy (non-hydrogen) atoms. The predicted octanol–water partition coefficient (Wildman–Crippen LogP) is 3.26. The van der Waals surface area contributed by atoms with Crippen molar-refractivity contribution in [1.29, 1.82) is 0 Å². The quantitative estimate of drug-likeness (QED) is 0.572. The van der Waals surface area contributed by atoms with Crippen molar-refractivity contribution in [2.45, 2.75) is 51.6 Å². The number of Topliss-reactive ketones (excluding diaryl/α,β-unsaturated/α-hetero) is 1. The van der Waals surface area contributed by atoms with Crippen LogP contribution >= 0.6 is 0 Å². The fourth-order valence-corrected chi connectivity index (χ4v) is 5.21. The van der Waals surface area contributed by atoms with Gasteiger partial charge in [0.2, 0.25) is 11.8 Å². The van der Waals surface area contributed by atoms with Crippen LogP contribution in [0.15, 0.2) is 42.5 Å². The van der Waals surface area contributed by atoms with E-state index in [2.05, 4.69) is 10.6 Å². The number of carbonyl (C=O) groups is 3. The summed E-state index contributed by atoms with van der Waals surface area (Å²) in [5.74, 6) is -0.824. The monoisotopic (exact) mass is 508 g/mol. The molecule has 2 atom stereocenters. The van der Waals surface area contributed by atoms with Crippen LogP contribution in [-0.2, 0) is 14.4 Å². The van der Waals surface area contributed by atoms with Crippen LogP contribution in [0.3, 0.4) is 0 Å². The van der Waals surface area contributed by atoms with E-state index in [1.165, 1.54) is 0 Å². The zero-order chi connectivity index (χ0) is 26.5. The number of hydrogen-bond donors (Lipinski definition) is 2. The number of benzene rings is 2. The highest BCUT2D eigenvalue weighted by Gasteiger charge is 2.33. The Hall–Kier alpha value is -3.10. The third kappa shape index (κ3) is 6.25. The second kappa shape index (κ2) is 12.0. The molecular formula is C29H37FN4O3. The van der Waals surface area contributed by atoms with Gasteiger partial charge in [-0.1, -0.05) is 56.3 Å². The highest BCUT2D eigenvalue weighted by Crippen LogP contribution is 2.35. The van der Waals surface area contributed by atoms with Crippen LogP contribution in [0.5, 0.6) is 0 Å². The number of piperazine rings is 1. The van der Waals surface area contributed by atoms with Crippen molar-refractivity contribution in [3.63, 3.8) is 0 Å². The van der Waals surface area contributed by atoms with Gasteiger partial charge in [-0.25, -0.2) is 4.39 Å². The molecular weight excluding hydrogens is 471 g/mol. The van der Waals surface area contributed by atoms with Gasteiger partial charge in [-0.15, -0.1) is 0 Å². The lowest BCUT2D eigenvalue weighted by Crippen LogP contribution is -2.51. The van der Waals surface area contributed by atoms with E-state index in [0.717, 1.165) is 13.0 Å². The van der Waals surface area contributed by atoms with Crippen molar-refractivity contribution in [3.05, 3.63) is 59.4 Å². The lowest BCUT2D eigenvalue weighted by Gasteiger charge is -2.34. The summed E-state index contributed by atoms with van der Waals surface area (Å²) >= 11 is 0. The molecule has 4 rings (SSSR count). The third-order valence-corrected chi connectivity index (χ3v) is 7.38. The average molecular weight is 509 g/mol. The van der Waals surface area contributed by atoms with E-state index in [4.69, 9.17) is 0 Å². The zero-order valence-electron chi connectivity index (χ0n) is 21.9.